The van der Waals surface area contributed by atoms with E-state index in [0.29, 0.717) is 50.4 Å². The van der Waals surface area contributed by atoms with E-state index >= 15 is 0 Å². The smallest absolute Gasteiger partial charge is 0.229 e. The van der Waals surface area contributed by atoms with Gasteiger partial charge in [-0.2, -0.15) is 4.98 Å². The minimum atomic E-state index is -0.961. The lowest BCUT2D eigenvalue weighted by atomic mass is 10.2. The van der Waals surface area contributed by atoms with Gasteiger partial charge in [-0.05, 0) is 31.5 Å². The zero-order valence-electron chi connectivity index (χ0n) is 16.2. The number of aromatic nitrogens is 2. The predicted molar refractivity (Wildman–Crippen MR) is 106 cm³/mol. The van der Waals surface area contributed by atoms with Crippen molar-refractivity contribution >= 4 is 12.2 Å². The van der Waals surface area contributed by atoms with Crippen molar-refractivity contribution < 1.29 is 19.7 Å². The molecule has 2 heterocycles. The number of aliphatic hydroxyl groups is 1. The average molecular weight is 386 g/mol. The maximum Gasteiger partial charge on any atom is 0.229 e. The molecule has 8 heteroatoms. The van der Waals surface area contributed by atoms with E-state index in [1.807, 2.05) is 17.0 Å². The molecule has 0 bridgehead atoms. The van der Waals surface area contributed by atoms with Crippen LogP contribution in [0.5, 0.6) is 11.6 Å². The molecule has 150 valence electrons. The molecule has 1 aliphatic heterocycles. The quantitative estimate of drug-likeness (QED) is 0.700. The number of benzene rings is 1. The Morgan fingerprint density at radius 3 is 2.61 bits per heavy atom. The molecule has 0 amide bonds. The third-order valence-corrected chi connectivity index (χ3v) is 4.01. The van der Waals surface area contributed by atoms with Crippen LogP contribution >= 0.6 is 0 Å². The molecular weight excluding hydrogens is 360 g/mol. The van der Waals surface area contributed by atoms with Gasteiger partial charge in [0.1, 0.15) is 12.4 Å². The van der Waals surface area contributed by atoms with E-state index < -0.39 is 5.60 Å². The molecule has 2 aromatic rings. The summed E-state index contributed by atoms with van der Waals surface area (Å²) in [5.74, 6) is 1.18. The number of morpholine rings is 1. The number of nitrogens with zero attached hydrogens (tertiary/aromatic N) is 4. The van der Waals surface area contributed by atoms with Gasteiger partial charge in [-0.3, -0.25) is 4.99 Å². The van der Waals surface area contributed by atoms with Gasteiger partial charge < -0.3 is 24.6 Å². The molecule has 0 aliphatic carbocycles. The summed E-state index contributed by atoms with van der Waals surface area (Å²) in [5, 5.41) is 19.3. The summed E-state index contributed by atoms with van der Waals surface area (Å²) >= 11 is 0. The topological polar surface area (TPSA) is 100 Å². The largest absolute Gasteiger partial charge is 0.508 e. The van der Waals surface area contributed by atoms with Crippen molar-refractivity contribution in [1.82, 2.24) is 9.97 Å². The van der Waals surface area contributed by atoms with E-state index in [2.05, 4.69) is 15.0 Å². The van der Waals surface area contributed by atoms with Gasteiger partial charge in [0.2, 0.25) is 11.8 Å². The number of phenols is 1. The van der Waals surface area contributed by atoms with Crippen LogP contribution < -0.4 is 9.64 Å². The van der Waals surface area contributed by atoms with Gasteiger partial charge in [-0.15, -0.1) is 0 Å². The molecule has 1 fully saturated rings. The van der Waals surface area contributed by atoms with Crippen LogP contribution in [-0.2, 0) is 11.3 Å². The van der Waals surface area contributed by atoms with Gasteiger partial charge in [-0.1, -0.05) is 12.1 Å². The number of aliphatic imine (C=N–C) groups is 1. The molecule has 0 radical (unpaired) electrons. The molecule has 1 aromatic carbocycles. The van der Waals surface area contributed by atoms with E-state index in [-0.39, 0.29) is 12.4 Å². The van der Waals surface area contributed by atoms with E-state index in [1.54, 1.807) is 38.3 Å². The summed E-state index contributed by atoms with van der Waals surface area (Å²) in [6.07, 6.45) is 1.68. The normalized spacial score (nSPS) is 15.2. The molecule has 1 aromatic heterocycles. The molecule has 0 atom stereocenters. The summed E-state index contributed by atoms with van der Waals surface area (Å²) in [6.45, 7) is 6.62. The number of ether oxygens (including phenoxy) is 2. The third-order valence-electron chi connectivity index (χ3n) is 4.01. The fourth-order valence-corrected chi connectivity index (χ4v) is 2.57. The molecule has 0 spiro atoms. The first-order chi connectivity index (χ1) is 13.4. The average Bonchev–Trinajstić information content (AvgIpc) is 2.68. The maximum atomic E-state index is 9.91. The molecule has 1 saturated heterocycles. The zero-order chi connectivity index (χ0) is 20.0. The lowest BCUT2D eigenvalue weighted by Crippen LogP contribution is -2.37. The van der Waals surface area contributed by atoms with Crippen LogP contribution in [0.2, 0.25) is 0 Å². The Bertz CT molecular complexity index is 797. The minimum Gasteiger partial charge on any atom is -0.508 e. The number of anilines is 1. The van der Waals surface area contributed by atoms with Gasteiger partial charge in [0.05, 0.1) is 31.1 Å². The Morgan fingerprint density at radius 2 is 1.93 bits per heavy atom. The Labute approximate surface area is 164 Å². The van der Waals surface area contributed by atoms with Crippen LogP contribution in [0.1, 0.15) is 25.1 Å². The number of hydrogen-bond acceptors (Lipinski definition) is 8. The highest BCUT2D eigenvalue weighted by atomic mass is 16.5. The summed E-state index contributed by atoms with van der Waals surface area (Å²) in [5.41, 5.74) is 0.646. The van der Waals surface area contributed by atoms with E-state index in [1.165, 1.54) is 0 Å². The highest BCUT2D eigenvalue weighted by Crippen LogP contribution is 2.18. The molecule has 8 nitrogen and oxygen atoms in total. The van der Waals surface area contributed by atoms with Crippen molar-refractivity contribution in [2.75, 3.05) is 37.8 Å². The molecule has 1 aliphatic rings. The Balaban J connectivity index is 1.77. The maximum absolute atomic E-state index is 9.91. The number of aromatic hydroxyl groups is 1. The first kappa shape index (κ1) is 20.0. The SMILES string of the molecule is CC(C)(O)COc1cc(C=NCc2ccc(O)cc2)nc(N2CCOCC2)n1. The van der Waals surface area contributed by atoms with Gasteiger partial charge >= 0.3 is 0 Å². The van der Waals surface area contributed by atoms with Crippen molar-refractivity contribution in [3.63, 3.8) is 0 Å². The van der Waals surface area contributed by atoms with Crippen LogP contribution in [0, 0.1) is 0 Å². The van der Waals surface area contributed by atoms with Crippen molar-refractivity contribution in [1.29, 1.82) is 0 Å². The van der Waals surface area contributed by atoms with E-state index in [0.717, 1.165) is 5.56 Å². The molecule has 2 N–H and O–H groups in total. The van der Waals surface area contributed by atoms with Crippen LogP contribution in [-0.4, -0.2) is 64.9 Å². The number of rotatable bonds is 7. The van der Waals surface area contributed by atoms with Crippen LogP contribution in [0.3, 0.4) is 0 Å². The molecule has 28 heavy (non-hydrogen) atoms. The second-order valence-corrected chi connectivity index (χ2v) is 7.27. The summed E-state index contributed by atoms with van der Waals surface area (Å²) in [4.78, 5) is 15.5. The molecular formula is C20H26N4O4. The Hall–Kier alpha value is -2.71. The lowest BCUT2D eigenvalue weighted by Gasteiger charge is -2.27. The number of hydrogen-bond donors (Lipinski definition) is 2. The Morgan fingerprint density at radius 1 is 1.21 bits per heavy atom. The van der Waals surface area contributed by atoms with Gasteiger partial charge in [0, 0.05) is 25.4 Å². The molecule has 3 rings (SSSR count). The minimum absolute atomic E-state index is 0.122. The second-order valence-electron chi connectivity index (χ2n) is 7.27. The summed E-state index contributed by atoms with van der Waals surface area (Å²) in [7, 11) is 0. The second kappa shape index (κ2) is 8.99. The van der Waals surface area contributed by atoms with Crippen molar-refractivity contribution in [3.8, 4) is 11.6 Å². The van der Waals surface area contributed by atoms with Gasteiger partial charge in [0.15, 0.2) is 0 Å². The summed E-state index contributed by atoms with van der Waals surface area (Å²) in [6, 6.07) is 8.62. The van der Waals surface area contributed by atoms with Crippen LogP contribution in [0.4, 0.5) is 5.95 Å². The molecule has 0 saturated carbocycles. The first-order valence-corrected chi connectivity index (χ1v) is 9.24. The fraction of sp³-hybridized carbons (Fsp3) is 0.450. The molecule has 0 unspecified atom stereocenters. The van der Waals surface area contributed by atoms with Gasteiger partial charge in [0.25, 0.3) is 0 Å². The monoisotopic (exact) mass is 386 g/mol. The fourth-order valence-electron chi connectivity index (χ4n) is 2.57. The van der Waals surface area contributed by atoms with Crippen LogP contribution in [0.15, 0.2) is 35.3 Å². The van der Waals surface area contributed by atoms with E-state index in [9.17, 15) is 10.2 Å². The van der Waals surface area contributed by atoms with E-state index in [4.69, 9.17) is 9.47 Å². The van der Waals surface area contributed by atoms with Crippen molar-refractivity contribution in [3.05, 3.63) is 41.6 Å². The highest BCUT2D eigenvalue weighted by molar-refractivity contribution is 5.78. The van der Waals surface area contributed by atoms with Crippen molar-refractivity contribution in [2.45, 2.75) is 26.0 Å². The predicted octanol–water partition coefficient (Wildman–Crippen LogP) is 1.79. The lowest BCUT2D eigenvalue weighted by molar-refractivity contribution is 0.0268. The standard InChI is InChI=1S/C20H26N4O4/c1-20(2,26)14-28-18-11-16(13-21-12-15-3-5-17(25)6-4-15)22-19(23-18)24-7-9-27-10-8-24/h3-6,11,13,25-26H,7-10,12,14H2,1-2H3. The Kier molecular flexibility index (Phi) is 6.43. The zero-order valence-corrected chi connectivity index (χ0v) is 16.2. The van der Waals surface area contributed by atoms with Gasteiger partial charge in [-0.25, -0.2) is 4.98 Å². The highest BCUT2D eigenvalue weighted by Gasteiger charge is 2.18. The number of phenolic OH excluding ortho intramolecular Hbond substituents is 1. The van der Waals surface area contributed by atoms with Crippen molar-refractivity contribution in [2.24, 2.45) is 4.99 Å². The first-order valence-electron chi connectivity index (χ1n) is 9.24. The third kappa shape index (κ3) is 6.17. The summed E-state index contributed by atoms with van der Waals surface area (Å²) < 4.78 is 11.1. The van der Waals surface area contributed by atoms with Crippen LogP contribution in [0.25, 0.3) is 0 Å².